The van der Waals surface area contributed by atoms with Gasteiger partial charge in [0.2, 0.25) is 11.1 Å². The third kappa shape index (κ3) is 4.58. The van der Waals surface area contributed by atoms with Gasteiger partial charge >= 0.3 is 0 Å². The number of aryl methyl sites for hydroxylation is 2. The molecule has 1 aliphatic carbocycles. The number of rotatable bonds is 5. The maximum absolute atomic E-state index is 12.8. The minimum atomic E-state index is 0.0790. The van der Waals surface area contributed by atoms with Crippen LogP contribution in [0.4, 0.5) is 0 Å². The van der Waals surface area contributed by atoms with E-state index < -0.39 is 0 Å². The van der Waals surface area contributed by atoms with Gasteiger partial charge in [0.1, 0.15) is 0 Å². The SMILES string of the molecule is CSc1nc2nc(C)c(CC(=O)NC3CCN(C4CCCCCC4)C3)c(C)n2n1. The Labute approximate surface area is 177 Å². The van der Waals surface area contributed by atoms with Crippen LogP contribution in [-0.4, -0.2) is 61.8 Å². The molecule has 2 aromatic heterocycles. The quantitative estimate of drug-likeness (QED) is 0.597. The van der Waals surface area contributed by atoms with E-state index in [1.54, 1.807) is 4.52 Å². The molecule has 0 spiro atoms. The fraction of sp³-hybridized carbons (Fsp3) is 0.714. The summed E-state index contributed by atoms with van der Waals surface area (Å²) in [7, 11) is 0. The van der Waals surface area contributed by atoms with Crippen LogP contribution in [-0.2, 0) is 11.2 Å². The normalized spacial score (nSPS) is 21.6. The summed E-state index contributed by atoms with van der Waals surface area (Å²) in [5.41, 5.74) is 2.75. The Morgan fingerprint density at radius 2 is 1.90 bits per heavy atom. The number of nitrogens with one attached hydrogen (secondary N) is 1. The summed E-state index contributed by atoms with van der Waals surface area (Å²) in [4.78, 5) is 24.4. The molecule has 1 saturated carbocycles. The van der Waals surface area contributed by atoms with Crippen LogP contribution < -0.4 is 5.32 Å². The Morgan fingerprint density at radius 1 is 1.14 bits per heavy atom. The molecule has 1 N–H and O–H groups in total. The molecule has 1 aliphatic heterocycles. The number of fused-ring (bicyclic) bond motifs is 1. The van der Waals surface area contributed by atoms with E-state index in [0.717, 1.165) is 36.5 Å². The van der Waals surface area contributed by atoms with Gasteiger partial charge in [0.15, 0.2) is 0 Å². The molecule has 7 nitrogen and oxygen atoms in total. The second kappa shape index (κ2) is 9.00. The topological polar surface area (TPSA) is 75.4 Å². The van der Waals surface area contributed by atoms with Crippen molar-refractivity contribution < 1.29 is 4.79 Å². The number of aromatic nitrogens is 4. The standard InChI is InChI=1S/C21H32N6OS/c1-14-18(15(2)27-20(22-14)24-21(25-27)29-3)12-19(28)23-16-10-11-26(13-16)17-8-6-4-5-7-9-17/h16-17H,4-13H2,1-3H3,(H,23,28). The molecule has 0 radical (unpaired) electrons. The van der Waals surface area contributed by atoms with Crippen molar-refractivity contribution in [1.29, 1.82) is 0 Å². The number of hydrogen-bond donors (Lipinski definition) is 1. The van der Waals surface area contributed by atoms with E-state index >= 15 is 0 Å². The first kappa shape index (κ1) is 20.6. The zero-order chi connectivity index (χ0) is 20.4. The maximum Gasteiger partial charge on any atom is 0.253 e. The summed E-state index contributed by atoms with van der Waals surface area (Å²) in [6.07, 6.45) is 11.5. The van der Waals surface area contributed by atoms with Crippen molar-refractivity contribution in [2.75, 3.05) is 19.3 Å². The van der Waals surface area contributed by atoms with Crippen molar-refractivity contribution in [3.05, 3.63) is 17.0 Å². The molecule has 2 fully saturated rings. The monoisotopic (exact) mass is 416 g/mol. The molecule has 8 heteroatoms. The zero-order valence-electron chi connectivity index (χ0n) is 17.8. The second-order valence-corrected chi connectivity index (χ2v) is 9.22. The highest BCUT2D eigenvalue weighted by Gasteiger charge is 2.29. The van der Waals surface area contributed by atoms with Gasteiger partial charge in [-0.2, -0.15) is 4.98 Å². The molecule has 1 saturated heterocycles. The second-order valence-electron chi connectivity index (χ2n) is 8.44. The number of thioether (sulfide) groups is 1. The summed E-state index contributed by atoms with van der Waals surface area (Å²) in [5.74, 6) is 0.679. The van der Waals surface area contributed by atoms with Gasteiger partial charge in [0.05, 0.1) is 6.42 Å². The van der Waals surface area contributed by atoms with Crippen molar-refractivity contribution in [3.63, 3.8) is 0 Å². The number of carbonyl (C=O) groups is 1. The van der Waals surface area contributed by atoms with Crippen molar-refractivity contribution in [2.45, 2.75) is 82.5 Å². The molecule has 158 valence electrons. The van der Waals surface area contributed by atoms with Crippen LogP contribution in [0.25, 0.3) is 5.78 Å². The predicted molar refractivity (Wildman–Crippen MR) is 115 cm³/mol. The average molecular weight is 417 g/mol. The molecule has 1 amide bonds. The lowest BCUT2D eigenvalue weighted by Gasteiger charge is -2.26. The molecule has 0 aromatic carbocycles. The van der Waals surface area contributed by atoms with Crippen molar-refractivity contribution in [3.8, 4) is 0 Å². The Kier molecular flexibility index (Phi) is 6.39. The first-order chi connectivity index (χ1) is 14.0. The largest absolute Gasteiger partial charge is 0.352 e. The fourth-order valence-electron chi connectivity index (χ4n) is 4.83. The van der Waals surface area contributed by atoms with E-state index in [1.165, 1.54) is 50.3 Å². The number of carbonyl (C=O) groups excluding carboxylic acids is 1. The van der Waals surface area contributed by atoms with Crippen LogP contribution >= 0.6 is 11.8 Å². The van der Waals surface area contributed by atoms with Crippen molar-refractivity contribution in [2.24, 2.45) is 0 Å². The third-order valence-electron chi connectivity index (χ3n) is 6.48. The molecular weight excluding hydrogens is 384 g/mol. The highest BCUT2D eigenvalue weighted by atomic mass is 32.2. The first-order valence-corrected chi connectivity index (χ1v) is 12.1. The van der Waals surface area contributed by atoms with Crippen LogP contribution in [0, 0.1) is 13.8 Å². The number of hydrogen-bond acceptors (Lipinski definition) is 6. The number of nitrogens with zero attached hydrogens (tertiary/aromatic N) is 5. The highest BCUT2D eigenvalue weighted by Crippen LogP contribution is 2.25. The van der Waals surface area contributed by atoms with Gasteiger partial charge in [-0.25, -0.2) is 9.50 Å². The summed E-state index contributed by atoms with van der Waals surface area (Å²) in [6, 6.07) is 0.978. The molecule has 2 aromatic rings. The summed E-state index contributed by atoms with van der Waals surface area (Å²) in [6.45, 7) is 6.04. The average Bonchev–Trinajstić information content (AvgIpc) is 3.24. The smallest absolute Gasteiger partial charge is 0.253 e. The van der Waals surface area contributed by atoms with Gasteiger partial charge < -0.3 is 5.32 Å². The van der Waals surface area contributed by atoms with Crippen molar-refractivity contribution in [1.82, 2.24) is 29.8 Å². The Morgan fingerprint density at radius 3 is 2.62 bits per heavy atom. The van der Waals surface area contributed by atoms with Gasteiger partial charge in [0, 0.05) is 42.1 Å². The van der Waals surface area contributed by atoms with E-state index in [0.29, 0.717) is 23.4 Å². The number of amides is 1. The van der Waals surface area contributed by atoms with Gasteiger partial charge in [-0.3, -0.25) is 9.69 Å². The van der Waals surface area contributed by atoms with Crippen LogP contribution in [0.5, 0.6) is 0 Å². The van der Waals surface area contributed by atoms with Gasteiger partial charge in [-0.05, 0) is 39.4 Å². The lowest BCUT2D eigenvalue weighted by molar-refractivity contribution is -0.121. The maximum atomic E-state index is 12.8. The Balaban J connectivity index is 1.38. The van der Waals surface area contributed by atoms with Gasteiger partial charge in [0.25, 0.3) is 5.78 Å². The fourth-order valence-corrected chi connectivity index (χ4v) is 5.17. The van der Waals surface area contributed by atoms with Crippen LogP contribution in [0.15, 0.2) is 5.16 Å². The molecule has 2 aliphatic rings. The lowest BCUT2D eigenvalue weighted by atomic mass is 10.1. The Bertz CT molecular complexity index is 874. The molecular formula is C21H32N6OS. The molecule has 29 heavy (non-hydrogen) atoms. The highest BCUT2D eigenvalue weighted by molar-refractivity contribution is 7.98. The van der Waals surface area contributed by atoms with E-state index in [4.69, 9.17) is 0 Å². The molecule has 1 unspecified atom stereocenters. The van der Waals surface area contributed by atoms with E-state index in [-0.39, 0.29) is 11.9 Å². The summed E-state index contributed by atoms with van der Waals surface area (Å²) in [5, 5.41) is 8.45. The summed E-state index contributed by atoms with van der Waals surface area (Å²) >= 11 is 1.50. The van der Waals surface area contributed by atoms with Crippen LogP contribution in [0.3, 0.4) is 0 Å². The molecule has 3 heterocycles. The van der Waals surface area contributed by atoms with E-state index in [2.05, 4.69) is 25.3 Å². The lowest BCUT2D eigenvalue weighted by Crippen LogP contribution is -2.40. The molecule has 0 bridgehead atoms. The van der Waals surface area contributed by atoms with E-state index in [9.17, 15) is 4.79 Å². The zero-order valence-corrected chi connectivity index (χ0v) is 18.6. The minimum Gasteiger partial charge on any atom is -0.352 e. The Hall–Kier alpha value is -1.67. The van der Waals surface area contributed by atoms with Crippen LogP contribution in [0.1, 0.15) is 61.9 Å². The summed E-state index contributed by atoms with van der Waals surface area (Å²) < 4.78 is 1.75. The van der Waals surface area contributed by atoms with Crippen LogP contribution in [0.2, 0.25) is 0 Å². The molecule has 1 atom stereocenters. The predicted octanol–water partition coefficient (Wildman–Crippen LogP) is 2.92. The number of likely N-dealkylation sites (tertiary alicyclic amines) is 1. The van der Waals surface area contributed by atoms with Crippen molar-refractivity contribution >= 4 is 23.4 Å². The minimum absolute atomic E-state index is 0.0790. The van der Waals surface area contributed by atoms with Gasteiger partial charge in [-0.15, -0.1) is 5.10 Å². The first-order valence-electron chi connectivity index (χ1n) is 10.9. The van der Waals surface area contributed by atoms with E-state index in [1.807, 2.05) is 20.1 Å². The third-order valence-corrected chi connectivity index (χ3v) is 7.01. The van der Waals surface area contributed by atoms with Gasteiger partial charge in [-0.1, -0.05) is 37.4 Å². The molecule has 4 rings (SSSR count).